The maximum atomic E-state index is 12.1. The first-order valence-electron chi connectivity index (χ1n) is 14.1. The van der Waals surface area contributed by atoms with Gasteiger partial charge in [-0.3, -0.25) is 0 Å². The molecule has 0 radical (unpaired) electrons. The van der Waals surface area contributed by atoms with Crippen LogP contribution in [0.2, 0.25) is 0 Å². The largest absolute Gasteiger partial charge is 0.479 e. The monoisotopic (exact) mass is 708 g/mol. The maximum Gasteiger partial charge on any atom is 0.335 e. The molecule has 0 saturated carbocycles. The van der Waals surface area contributed by atoms with E-state index >= 15 is 0 Å². The zero-order valence-electron chi connectivity index (χ0n) is 24.1. The second-order valence-corrected chi connectivity index (χ2v) is 11.3. The van der Waals surface area contributed by atoms with Crippen molar-refractivity contribution in [3.63, 3.8) is 0 Å². The smallest absolute Gasteiger partial charge is 0.335 e. The summed E-state index contributed by atoms with van der Waals surface area (Å²) in [6, 6.07) is 0. The van der Waals surface area contributed by atoms with Crippen LogP contribution in [-0.2, 0) is 47.5 Å². The van der Waals surface area contributed by atoms with Crippen LogP contribution in [0.3, 0.4) is 0 Å². The van der Waals surface area contributed by atoms with Crippen molar-refractivity contribution in [1.29, 1.82) is 0 Å². The zero-order chi connectivity index (χ0) is 35.9. The summed E-state index contributed by atoms with van der Waals surface area (Å²) in [4.78, 5) is 35.4. The van der Waals surface area contributed by atoms with Gasteiger partial charge in [-0.1, -0.05) is 0 Å². The van der Waals surface area contributed by atoms with Crippen molar-refractivity contribution in [2.75, 3.05) is 6.61 Å². The first kappa shape index (κ1) is 38.5. The Bertz CT molecular complexity index is 1140. The Morgan fingerprint density at radius 1 is 0.438 bits per heavy atom. The molecule has 4 aliphatic heterocycles. The highest BCUT2D eigenvalue weighted by molar-refractivity contribution is 5.74. The summed E-state index contributed by atoms with van der Waals surface area (Å²) in [6.45, 7) is -0.946. The molecule has 0 spiro atoms. The zero-order valence-corrected chi connectivity index (χ0v) is 24.1. The van der Waals surface area contributed by atoms with Gasteiger partial charge in [0.25, 0.3) is 0 Å². The first-order valence-corrected chi connectivity index (χ1v) is 14.1. The molecule has 24 nitrogen and oxygen atoms in total. The minimum Gasteiger partial charge on any atom is -0.479 e. The average molecular weight is 709 g/mol. The van der Waals surface area contributed by atoms with E-state index in [4.69, 9.17) is 33.2 Å². The summed E-state index contributed by atoms with van der Waals surface area (Å²) in [5.74, 6) is -5.65. The van der Waals surface area contributed by atoms with Crippen molar-refractivity contribution >= 4 is 17.9 Å². The Labute approximate surface area is 267 Å². The highest BCUT2D eigenvalue weighted by atomic mass is 16.8. The second-order valence-electron chi connectivity index (χ2n) is 11.3. The third kappa shape index (κ3) is 7.41. The summed E-state index contributed by atoms with van der Waals surface area (Å²) in [7, 11) is 0. The van der Waals surface area contributed by atoms with E-state index in [1.165, 1.54) is 0 Å². The summed E-state index contributed by atoms with van der Waals surface area (Å²) in [5, 5.41) is 142. The maximum absolute atomic E-state index is 12.1. The number of hydrogen-bond donors (Lipinski definition) is 14. The molecule has 0 aromatic heterocycles. The average Bonchev–Trinajstić information content (AvgIpc) is 3.02. The van der Waals surface area contributed by atoms with Gasteiger partial charge in [0, 0.05) is 0 Å². The standard InChI is InChI=1S/C24H36O24/c25-1-2-12(5(28)7(30)21(41)42-2)43-24-11(34)13(10(33)16(47-24)19(37)38)44-23-9(32)6(29)14(17(48-23)20(39)40)45-22-8(31)3(26)4(27)15(46-22)18(35)36/h2-17,21-34,41H,1H2,(H,35,36)(H,37,38)(H,39,40)/t2-,3+,4+,5-,6-,7-,8-,9-,10-,11-,12+,13+,14+,15+,16+,17+,21-,22-,23-,24+/m1/s1. The fourth-order valence-corrected chi connectivity index (χ4v) is 5.48. The van der Waals surface area contributed by atoms with Gasteiger partial charge in [0.15, 0.2) is 43.5 Å². The third-order valence-corrected chi connectivity index (χ3v) is 8.10. The first-order chi connectivity index (χ1) is 22.4. The lowest BCUT2D eigenvalue weighted by Crippen LogP contribution is -2.68. The molecule has 0 bridgehead atoms. The van der Waals surface area contributed by atoms with Crippen LogP contribution in [0, 0.1) is 0 Å². The fraction of sp³-hybridized carbons (Fsp3) is 0.875. The molecule has 0 aromatic carbocycles. The van der Waals surface area contributed by atoms with Crippen molar-refractivity contribution in [1.82, 2.24) is 0 Å². The number of aliphatic carboxylic acids is 3. The Kier molecular flexibility index (Phi) is 12.3. The number of ether oxygens (including phenoxy) is 7. The molecule has 276 valence electrons. The van der Waals surface area contributed by atoms with Gasteiger partial charge in [0.1, 0.15) is 79.4 Å². The van der Waals surface area contributed by atoms with Crippen LogP contribution in [0.4, 0.5) is 0 Å². The van der Waals surface area contributed by atoms with Crippen molar-refractivity contribution in [2.45, 2.75) is 123 Å². The van der Waals surface area contributed by atoms with E-state index in [-0.39, 0.29) is 0 Å². The van der Waals surface area contributed by atoms with E-state index < -0.39 is 147 Å². The topological polar surface area (TPSA) is 399 Å². The molecule has 4 aliphatic rings. The quantitative estimate of drug-likeness (QED) is 0.100. The summed E-state index contributed by atoms with van der Waals surface area (Å²) >= 11 is 0. The Morgan fingerprint density at radius 2 is 0.854 bits per heavy atom. The molecule has 4 saturated heterocycles. The molecule has 0 aromatic rings. The van der Waals surface area contributed by atoms with Gasteiger partial charge in [0.2, 0.25) is 0 Å². The molecule has 4 heterocycles. The van der Waals surface area contributed by atoms with Gasteiger partial charge in [-0.25, -0.2) is 14.4 Å². The van der Waals surface area contributed by atoms with Crippen LogP contribution >= 0.6 is 0 Å². The van der Waals surface area contributed by atoms with Crippen LogP contribution in [0.25, 0.3) is 0 Å². The predicted octanol–water partition coefficient (Wildman–Crippen LogP) is -9.47. The molecule has 48 heavy (non-hydrogen) atoms. The summed E-state index contributed by atoms with van der Waals surface area (Å²) < 4.78 is 36.0. The van der Waals surface area contributed by atoms with E-state index in [9.17, 15) is 85.9 Å². The van der Waals surface area contributed by atoms with Crippen LogP contribution in [-0.4, -0.2) is 219 Å². The molecule has 20 atom stereocenters. The molecule has 24 heteroatoms. The van der Waals surface area contributed by atoms with E-state index in [0.717, 1.165) is 0 Å². The fourth-order valence-electron chi connectivity index (χ4n) is 5.48. The van der Waals surface area contributed by atoms with Gasteiger partial charge in [-0.05, 0) is 0 Å². The number of aliphatic hydroxyl groups excluding tert-OH is 11. The molecule has 0 aliphatic carbocycles. The number of rotatable bonds is 10. The number of carboxylic acid groups (broad SMARTS) is 3. The molecule has 0 unspecified atom stereocenters. The molecule has 4 rings (SSSR count). The van der Waals surface area contributed by atoms with Gasteiger partial charge in [-0.2, -0.15) is 0 Å². The lowest BCUT2D eigenvalue weighted by Gasteiger charge is -2.48. The van der Waals surface area contributed by atoms with Gasteiger partial charge >= 0.3 is 17.9 Å². The van der Waals surface area contributed by atoms with E-state index in [0.29, 0.717) is 0 Å². The molecule has 14 N–H and O–H groups in total. The van der Waals surface area contributed by atoms with E-state index in [2.05, 4.69) is 0 Å². The number of carboxylic acids is 3. The van der Waals surface area contributed by atoms with Gasteiger partial charge in [0.05, 0.1) is 6.61 Å². The number of carbonyl (C=O) groups is 3. The van der Waals surface area contributed by atoms with Crippen molar-refractivity contribution in [3.05, 3.63) is 0 Å². The van der Waals surface area contributed by atoms with Crippen LogP contribution in [0.15, 0.2) is 0 Å². The summed E-state index contributed by atoms with van der Waals surface area (Å²) in [5.41, 5.74) is 0. The van der Waals surface area contributed by atoms with Gasteiger partial charge < -0.3 is 105 Å². The lowest BCUT2D eigenvalue weighted by atomic mass is 9.95. The van der Waals surface area contributed by atoms with Crippen LogP contribution in [0.5, 0.6) is 0 Å². The van der Waals surface area contributed by atoms with Crippen molar-refractivity contribution in [3.8, 4) is 0 Å². The second kappa shape index (κ2) is 15.3. The van der Waals surface area contributed by atoms with E-state index in [1.807, 2.05) is 0 Å². The summed E-state index contributed by atoms with van der Waals surface area (Å²) in [6.07, 6.45) is -43.6. The predicted molar refractivity (Wildman–Crippen MR) is 136 cm³/mol. The van der Waals surface area contributed by atoms with Crippen LogP contribution < -0.4 is 0 Å². The van der Waals surface area contributed by atoms with Crippen molar-refractivity contribution < 1.29 is 119 Å². The molecule has 0 amide bonds. The Balaban J connectivity index is 1.54. The third-order valence-electron chi connectivity index (χ3n) is 8.10. The molecular weight excluding hydrogens is 672 g/mol. The minimum absolute atomic E-state index is 0.946. The minimum atomic E-state index is -2.39. The highest BCUT2D eigenvalue weighted by Crippen LogP contribution is 2.34. The number of aliphatic hydroxyl groups is 11. The lowest BCUT2D eigenvalue weighted by molar-refractivity contribution is -0.381. The van der Waals surface area contributed by atoms with Crippen molar-refractivity contribution in [2.24, 2.45) is 0 Å². The molecule has 4 fully saturated rings. The SMILES string of the molecule is O=C(O)[C@H]1O[C@H](O[C@@H]2[C@H](O)[C@@H](O)[C@H](O)O[C@@H]2CO)[C@H](O)[C@@H](O[C@@H]2O[C@H](C(=O)O)[C@@H](O[C@@H]3O[C@H](C(=O)O)[C@@H](O)[C@H](O)[C@H]3O)[C@H](O)[C@H]2O)[C@H]1O. The highest BCUT2D eigenvalue weighted by Gasteiger charge is 2.57. The number of hydrogen-bond acceptors (Lipinski definition) is 21. The normalized spacial score (nSPS) is 50.1. The van der Waals surface area contributed by atoms with E-state index in [1.54, 1.807) is 0 Å². The van der Waals surface area contributed by atoms with Gasteiger partial charge in [-0.15, -0.1) is 0 Å². The Hall–Kier alpha value is -2.31. The van der Waals surface area contributed by atoms with Crippen LogP contribution in [0.1, 0.15) is 0 Å². The Morgan fingerprint density at radius 3 is 1.38 bits per heavy atom. The molecular formula is C24H36O24.